The molecule has 1 aromatic heterocycles. The smallest absolute Gasteiger partial charge is 0.359 e. The minimum atomic E-state index is -0.717. The first kappa shape index (κ1) is 14.0. The topological polar surface area (TPSA) is 86.2 Å². The Kier molecular flexibility index (Phi) is 4.25. The first-order chi connectivity index (χ1) is 8.38. The van der Waals surface area contributed by atoms with Crippen LogP contribution in [0.2, 0.25) is 0 Å². The van der Waals surface area contributed by atoms with Crippen LogP contribution >= 0.6 is 0 Å². The highest BCUT2D eigenvalue weighted by Gasteiger charge is 2.22. The van der Waals surface area contributed by atoms with E-state index in [-0.39, 0.29) is 29.2 Å². The molecule has 1 aromatic rings. The number of ether oxygens (including phenoxy) is 1. The van der Waals surface area contributed by atoms with E-state index in [2.05, 4.69) is 14.9 Å². The second-order valence-electron chi connectivity index (χ2n) is 3.92. The molecule has 0 amide bonds. The second-order valence-corrected chi connectivity index (χ2v) is 3.92. The lowest BCUT2D eigenvalue weighted by Gasteiger charge is -2.09. The van der Waals surface area contributed by atoms with Crippen LogP contribution in [0, 0.1) is 6.92 Å². The lowest BCUT2D eigenvalue weighted by atomic mass is 10.0. The van der Waals surface area contributed by atoms with Gasteiger partial charge in [0.15, 0.2) is 11.5 Å². The number of hydrogen-bond donors (Lipinski definition) is 0. The highest BCUT2D eigenvalue weighted by molar-refractivity contribution is 6.05. The average Bonchev–Trinajstić information content (AvgIpc) is 2.29. The van der Waals surface area contributed by atoms with Gasteiger partial charge in [0.1, 0.15) is 5.78 Å². The van der Waals surface area contributed by atoms with E-state index in [9.17, 15) is 14.4 Å². The number of esters is 1. The van der Waals surface area contributed by atoms with E-state index < -0.39 is 5.97 Å². The van der Waals surface area contributed by atoms with Crippen LogP contribution in [0.4, 0.5) is 0 Å². The molecule has 0 saturated heterocycles. The van der Waals surface area contributed by atoms with Crippen molar-refractivity contribution < 1.29 is 19.1 Å². The van der Waals surface area contributed by atoms with Gasteiger partial charge in [-0.3, -0.25) is 9.59 Å². The molecule has 0 aliphatic carbocycles. The van der Waals surface area contributed by atoms with Gasteiger partial charge in [-0.2, -0.15) is 5.10 Å². The summed E-state index contributed by atoms with van der Waals surface area (Å²) < 4.78 is 4.54. The van der Waals surface area contributed by atoms with Crippen molar-refractivity contribution in [2.45, 2.75) is 27.2 Å². The Labute approximate surface area is 104 Å². The predicted molar refractivity (Wildman–Crippen MR) is 62.5 cm³/mol. The molecule has 96 valence electrons. The van der Waals surface area contributed by atoms with Crippen molar-refractivity contribution in [2.75, 3.05) is 7.11 Å². The van der Waals surface area contributed by atoms with E-state index in [1.165, 1.54) is 21.0 Å². The zero-order valence-electron chi connectivity index (χ0n) is 10.7. The standard InChI is InChI=1S/C12H14N2O4/c1-6(15)5-9-7(2)10(8(3)16)11(14-13-9)12(17)18-4/h5H2,1-4H3. The van der Waals surface area contributed by atoms with Gasteiger partial charge in [0, 0.05) is 0 Å². The largest absolute Gasteiger partial charge is 0.464 e. The normalized spacial score (nSPS) is 10.0. The third-order valence-electron chi connectivity index (χ3n) is 2.46. The summed E-state index contributed by atoms with van der Waals surface area (Å²) in [5.74, 6) is -1.12. The van der Waals surface area contributed by atoms with Crippen molar-refractivity contribution in [1.82, 2.24) is 10.2 Å². The highest BCUT2D eigenvalue weighted by atomic mass is 16.5. The summed E-state index contributed by atoms with van der Waals surface area (Å²) in [7, 11) is 1.20. The molecule has 1 heterocycles. The van der Waals surface area contributed by atoms with E-state index in [0.29, 0.717) is 11.3 Å². The fraction of sp³-hybridized carbons (Fsp3) is 0.417. The van der Waals surface area contributed by atoms with Crippen molar-refractivity contribution in [1.29, 1.82) is 0 Å². The molecular formula is C12H14N2O4. The van der Waals surface area contributed by atoms with Crippen LogP contribution in [0.1, 0.15) is 46.0 Å². The maximum absolute atomic E-state index is 11.6. The number of nitrogens with zero attached hydrogens (tertiary/aromatic N) is 2. The fourth-order valence-corrected chi connectivity index (χ4v) is 1.63. The Hall–Kier alpha value is -2.11. The van der Waals surface area contributed by atoms with Crippen molar-refractivity contribution in [2.24, 2.45) is 0 Å². The number of carbonyl (C=O) groups excluding carboxylic acids is 3. The van der Waals surface area contributed by atoms with E-state index in [0.717, 1.165) is 0 Å². The van der Waals surface area contributed by atoms with Crippen LogP contribution in [-0.2, 0) is 16.0 Å². The number of hydrogen-bond acceptors (Lipinski definition) is 6. The van der Waals surface area contributed by atoms with Gasteiger partial charge in [0.05, 0.1) is 24.8 Å². The summed E-state index contributed by atoms with van der Waals surface area (Å²) >= 11 is 0. The third-order valence-corrected chi connectivity index (χ3v) is 2.46. The molecule has 0 unspecified atom stereocenters. The fourth-order valence-electron chi connectivity index (χ4n) is 1.63. The Morgan fingerprint density at radius 2 is 1.78 bits per heavy atom. The molecule has 0 aromatic carbocycles. The summed E-state index contributed by atoms with van der Waals surface area (Å²) in [5, 5.41) is 7.49. The molecule has 6 nitrogen and oxygen atoms in total. The first-order valence-corrected chi connectivity index (χ1v) is 5.33. The summed E-state index contributed by atoms with van der Waals surface area (Å²) in [4.78, 5) is 34.1. The van der Waals surface area contributed by atoms with Gasteiger partial charge in [-0.15, -0.1) is 5.10 Å². The van der Waals surface area contributed by atoms with Gasteiger partial charge in [-0.25, -0.2) is 4.79 Å². The maximum Gasteiger partial charge on any atom is 0.359 e. The Morgan fingerprint density at radius 3 is 2.22 bits per heavy atom. The average molecular weight is 250 g/mol. The van der Waals surface area contributed by atoms with Crippen molar-refractivity contribution in [3.05, 3.63) is 22.5 Å². The number of aromatic nitrogens is 2. The molecule has 0 aliphatic rings. The van der Waals surface area contributed by atoms with Gasteiger partial charge in [-0.1, -0.05) is 0 Å². The molecule has 0 bridgehead atoms. The minimum absolute atomic E-state index is 0.0839. The number of carbonyl (C=O) groups is 3. The lowest BCUT2D eigenvalue weighted by Crippen LogP contribution is -2.17. The van der Waals surface area contributed by atoms with Crippen molar-refractivity contribution in [3.8, 4) is 0 Å². The predicted octanol–water partition coefficient (Wildman–Crippen LogP) is 0.906. The summed E-state index contributed by atoms with van der Waals surface area (Å²) in [6, 6.07) is 0. The van der Waals surface area contributed by atoms with E-state index in [4.69, 9.17) is 0 Å². The summed E-state index contributed by atoms with van der Waals surface area (Å²) in [6.45, 7) is 4.38. The zero-order valence-corrected chi connectivity index (χ0v) is 10.7. The monoisotopic (exact) mass is 250 g/mol. The molecule has 0 N–H and O–H groups in total. The molecule has 6 heteroatoms. The van der Waals surface area contributed by atoms with E-state index >= 15 is 0 Å². The van der Waals surface area contributed by atoms with Crippen molar-refractivity contribution in [3.63, 3.8) is 0 Å². The number of methoxy groups -OCH3 is 1. The van der Waals surface area contributed by atoms with Gasteiger partial charge in [-0.05, 0) is 26.3 Å². The number of ketones is 2. The quantitative estimate of drug-likeness (QED) is 0.583. The molecule has 1 rings (SSSR count). The lowest BCUT2D eigenvalue weighted by molar-refractivity contribution is -0.116. The van der Waals surface area contributed by atoms with Gasteiger partial charge < -0.3 is 4.74 Å². The Balaban J connectivity index is 3.42. The first-order valence-electron chi connectivity index (χ1n) is 5.33. The molecule has 0 spiro atoms. The Morgan fingerprint density at radius 1 is 1.17 bits per heavy atom. The minimum Gasteiger partial charge on any atom is -0.464 e. The molecule has 0 aliphatic heterocycles. The molecular weight excluding hydrogens is 236 g/mol. The van der Waals surface area contributed by atoms with E-state index in [1.807, 2.05) is 0 Å². The van der Waals surface area contributed by atoms with Crippen LogP contribution in [0.3, 0.4) is 0 Å². The van der Waals surface area contributed by atoms with Crippen molar-refractivity contribution >= 4 is 17.5 Å². The van der Waals surface area contributed by atoms with Crippen LogP contribution in [0.5, 0.6) is 0 Å². The number of rotatable bonds is 4. The van der Waals surface area contributed by atoms with E-state index in [1.54, 1.807) is 6.92 Å². The summed E-state index contributed by atoms with van der Waals surface area (Å²) in [6.07, 6.45) is 0.0839. The van der Waals surface area contributed by atoms with Crippen LogP contribution in [0.15, 0.2) is 0 Å². The third kappa shape index (κ3) is 2.77. The molecule has 0 saturated carbocycles. The molecule has 0 fully saturated rings. The zero-order chi connectivity index (χ0) is 13.9. The van der Waals surface area contributed by atoms with Crippen LogP contribution in [-0.4, -0.2) is 34.8 Å². The number of Topliss-reactive ketones (excluding diaryl/α,β-unsaturated/α-hetero) is 2. The highest BCUT2D eigenvalue weighted by Crippen LogP contribution is 2.16. The van der Waals surface area contributed by atoms with Crippen LogP contribution in [0.25, 0.3) is 0 Å². The van der Waals surface area contributed by atoms with Gasteiger partial charge >= 0.3 is 5.97 Å². The van der Waals surface area contributed by atoms with Crippen LogP contribution < -0.4 is 0 Å². The Bertz CT molecular complexity index is 523. The maximum atomic E-state index is 11.6. The molecule has 18 heavy (non-hydrogen) atoms. The van der Waals surface area contributed by atoms with Gasteiger partial charge in [0.25, 0.3) is 0 Å². The second kappa shape index (κ2) is 5.48. The van der Waals surface area contributed by atoms with Gasteiger partial charge in [0.2, 0.25) is 0 Å². The molecule has 0 radical (unpaired) electrons. The SMILES string of the molecule is COC(=O)c1nnc(CC(C)=O)c(C)c1C(C)=O. The summed E-state index contributed by atoms with van der Waals surface area (Å²) in [5.41, 5.74) is 0.941. The molecule has 0 atom stereocenters.